The number of benzene rings is 1. The van der Waals surface area contributed by atoms with E-state index in [9.17, 15) is 4.79 Å². The molecular weight excluding hydrogens is 431 g/mol. The number of fused-ring (bicyclic) bond motifs is 1. The third-order valence-corrected chi connectivity index (χ3v) is 5.48. The molecule has 0 radical (unpaired) electrons. The van der Waals surface area contributed by atoms with Crippen molar-refractivity contribution < 1.29 is 5.11 Å². The average molecular weight is 448 g/mol. The van der Waals surface area contributed by atoms with E-state index in [1.807, 2.05) is 6.26 Å². The SMILES string of the molecule is CSc1nn(-c2c(Cl)cc(Cl)cc2Cl)c2nc(CCCCCO)[nH]c(=O)c12. The van der Waals surface area contributed by atoms with Crippen molar-refractivity contribution in [3.8, 4) is 5.69 Å². The van der Waals surface area contributed by atoms with E-state index in [1.54, 1.807) is 12.1 Å². The predicted molar refractivity (Wildman–Crippen MR) is 111 cm³/mol. The van der Waals surface area contributed by atoms with E-state index in [1.165, 1.54) is 16.4 Å². The minimum absolute atomic E-state index is 0.153. The van der Waals surface area contributed by atoms with Gasteiger partial charge < -0.3 is 10.1 Å². The van der Waals surface area contributed by atoms with Crippen LogP contribution in [0.2, 0.25) is 15.1 Å². The quantitative estimate of drug-likeness (QED) is 0.411. The normalized spacial score (nSPS) is 11.4. The van der Waals surface area contributed by atoms with E-state index < -0.39 is 0 Å². The smallest absolute Gasteiger partial charge is 0.263 e. The molecule has 2 N–H and O–H groups in total. The summed E-state index contributed by atoms with van der Waals surface area (Å²) in [5, 5.41) is 15.4. The fourth-order valence-electron chi connectivity index (χ4n) is 2.78. The first-order valence-corrected chi connectivity index (χ1v) is 10.6. The number of hydrogen-bond donors (Lipinski definition) is 2. The van der Waals surface area contributed by atoms with Crippen LogP contribution in [-0.2, 0) is 6.42 Å². The molecule has 0 spiro atoms. The van der Waals surface area contributed by atoms with Gasteiger partial charge in [-0.15, -0.1) is 11.8 Å². The highest BCUT2D eigenvalue weighted by atomic mass is 35.5. The van der Waals surface area contributed by atoms with Gasteiger partial charge in [0.1, 0.15) is 21.9 Å². The Hall–Kier alpha value is -1.25. The maximum Gasteiger partial charge on any atom is 0.263 e. The Kier molecular flexibility index (Phi) is 6.70. The Morgan fingerprint density at radius 2 is 1.89 bits per heavy atom. The summed E-state index contributed by atoms with van der Waals surface area (Å²) in [5.41, 5.74) is 0.567. The van der Waals surface area contributed by atoms with Crippen molar-refractivity contribution in [2.45, 2.75) is 30.7 Å². The Balaban J connectivity index is 2.16. The molecule has 1 aromatic carbocycles. The molecule has 0 bridgehead atoms. The minimum atomic E-state index is -0.256. The van der Waals surface area contributed by atoms with Crippen LogP contribution in [0.3, 0.4) is 0 Å². The number of thioether (sulfide) groups is 1. The molecule has 0 aliphatic carbocycles. The minimum Gasteiger partial charge on any atom is -0.396 e. The molecule has 27 heavy (non-hydrogen) atoms. The van der Waals surface area contributed by atoms with Crippen LogP contribution in [0, 0.1) is 0 Å². The molecule has 0 unspecified atom stereocenters. The fourth-order valence-corrected chi connectivity index (χ4v) is 4.30. The number of aliphatic hydroxyl groups excluding tert-OH is 1. The highest BCUT2D eigenvalue weighted by molar-refractivity contribution is 7.98. The lowest BCUT2D eigenvalue weighted by Gasteiger charge is -2.09. The van der Waals surface area contributed by atoms with Crippen LogP contribution in [0.4, 0.5) is 0 Å². The number of aromatic amines is 1. The second-order valence-electron chi connectivity index (χ2n) is 5.88. The Morgan fingerprint density at radius 3 is 2.52 bits per heavy atom. The summed E-state index contributed by atoms with van der Waals surface area (Å²) in [4.78, 5) is 20.1. The fraction of sp³-hybridized carbons (Fsp3) is 0.353. The van der Waals surface area contributed by atoms with Crippen LogP contribution in [0.1, 0.15) is 25.1 Å². The largest absolute Gasteiger partial charge is 0.396 e. The molecule has 2 aromatic heterocycles. The van der Waals surface area contributed by atoms with E-state index in [4.69, 9.17) is 39.9 Å². The number of halogens is 3. The van der Waals surface area contributed by atoms with Crippen molar-refractivity contribution in [3.63, 3.8) is 0 Å². The molecule has 10 heteroatoms. The van der Waals surface area contributed by atoms with Crippen molar-refractivity contribution in [3.05, 3.63) is 43.4 Å². The number of aliphatic hydroxyl groups is 1. The zero-order valence-electron chi connectivity index (χ0n) is 14.4. The van der Waals surface area contributed by atoms with Gasteiger partial charge >= 0.3 is 0 Å². The molecule has 0 fully saturated rings. The third kappa shape index (κ3) is 4.27. The number of aryl methyl sites for hydroxylation is 1. The van der Waals surface area contributed by atoms with Gasteiger partial charge in [-0.2, -0.15) is 5.10 Å². The number of H-pyrrole nitrogens is 1. The Bertz CT molecular complexity index is 1010. The first kappa shape index (κ1) is 20.5. The molecule has 3 aromatic rings. The Morgan fingerprint density at radius 1 is 1.19 bits per heavy atom. The summed E-state index contributed by atoms with van der Waals surface area (Å²) < 4.78 is 1.49. The Labute approximate surface area is 174 Å². The molecule has 0 saturated heterocycles. The standard InChI is InChI=1S/C17H17Cl3N4O2S/c1-27-17-13-15(21-12(22-16(13)26)5-3-2-4-6-25)24(23-17)14-10(19)7-9(18)8-11(14)20/h7-8,25H,2-6H2,1H3,(H,21,22,26). The zero-order valence-corrected chi connectivity index (χ0v) is 17.5. The molecule has 2 heterocycles. The number of hydrogen-bond acceptors (Lipinski definition) is 5. The number of unbranched alkanes of at least 4 members (excludes halogenated alkanes) is 2. The monoisotopic (exact) mass is 446 g/mol. The van der Waals surface area contributed by atoms with Crippen molar-refractivity contribution >= 4 is 57.6 Å². The maximum atomic E-state index is 12.6. The van der Waals surface area contributed by atoms with Gasteiger partial charge in [0.05, 0.1) is 10.0 Å². The van der Waals surface area contributed by atoms with Crippen LogP contribution < -0.4 is 5.56 Å². The maximum absolute atomic E-state index is 12.6. The van der Waals surface area contributed by atoms with Gasteiger partial charge in [-0.3, -0.25) is 4.79 Å². The second kappa shape index (κ2) is 8.84. The summed E-state index contributed by atoms with van der Waals surface area (Å²) in [5.74, 6) is 0.556. The molecule has 0 aliphatic heterocycles. The van der Waals surface area contributed by atoms with Crippen molar-refractivity contribution in [1.82, 2.24) is 19.7 Å². The molecule has 0 saturated carbocycles. The first-order chi connectivity index (χ1) is 13.0. The zero-order chi connectivity index (χ0) is 19.6. The van der Waals surface area contributed by atoms with Gasteiger partial charge in [-0.05, 0) is 31.2 Å². The van der Waals surface area contributed by atoms with E-state index in [2.05, 4.69) is 15.1 Å². The molecular formula is C17H17Cl3N4O2S. The lowest BCUT2D eigenvalue weighted by molar-refractivity contribution is 0.283. The number of rotatable bonds is 7. The van der Waals surface area contributed by atoms with Crippen molar-refractivity contribution in [1.29, 1.82) is 0 Å². The third-order valence-electron chi connectivity index (χ3n) is 4.01. The average Bonchev–Trinajstić information content (AvgIpc) is 2.97. The molecule has 6 nitrogen and oxygen atoms in total. The lowest BCUT2D eigenvalue weighted by Crippen LogP contribution is -2.13. The van der Waals surface area contributed by atoms with Crippen LogP contribution in [0.25, 0.3) is 16.7 Å². The summed E-state index contributed by atoms with van der Waals surface area (Å²) in [6.07, 6.45) is 4.80. The van der Waals surface area contributed by atoms with E-state index in [0.29, 0.717) is 49.1 Å². The van der Waals surface area contributed by atoms with Gasteiger partial charge in [0.2, 0.25) is 0 Å². The highest BCUT2D eigenvalue weighted by Crippen LogP contribution is 2.34. The van der Waals surface area contributed by atoms with E-state index >= 15 is 0 Å². The van der Waals surface area contributed by atoms with Crippen LogP contribution in [0.5, 0.6) is 0 Å². The molecule has 0 atom stereocenters. The first-order valence-electron chi connectivity index (χ1n) is 8.28. The summed E-state index contributed by atoms with van der Waals surface area (Å²) in [7, 11) is 0. The van der Waals surface area contributed by atoms with Gasteiger partial charge in [0.15, 0.2) is 5.65 Å². The molecule has 0 aliphatic rings. The number of aromatic nitrogens is 4. The number of nitrogens with zero attached hydrogens (tertiary/aromatic N) is 3. The lowest BCUT2D eigenvalue weighted by atomic mass is 10.2. The second-order valence-corrected chi connectivity index (χ2v) is 7.93. The molecule has 3 rings (SSSR count). The van der Waals surface area contributed by atoms with Crippen molar-refractivity contribution in [2.24, 2.45) is 0 Å². The number of nitrogens with one attached hydrogen (secondary N) is 1. The predicted octanol–water partition coefficient (Wildman–Crippen LogP) is 4.50. The van der Waals surface area contributed by atoms with E-state index in [0.717, 1.165) is 19.3 Å². The summed E-state index contributed by atoms with van der Waals surface area (Å²) >= 11 is 20.0. The topological polar surface area (TPSA) is 83.8 Å². The van der Waals surface area contributed by atoms with Gasteiger partial charge in [-0.1, -0.05) is 41.2 Å². The van der Waals surface area contributed by atoms with Crippen LogP contribution >= 0.6 is 46.6 Å². The van der Waals surface area contributed by atoms with Crippen LogP contribution in [0.15, 0.2) is 22.0 Å². The van der Waals surface area contributed by atoms with E-state index in [-0.39, 0.29) is 12.2 Å². The van der Waals surface area contributed by atoms with Gasteiger partial charge in [0, 0.05) is 18.1 Å². The van der Waals surface area contributed by atoms with Crippen molar-refractivity contribution in [2.75, 3.05) is 12.9 Å². The molecule has 0 amide bonds. The van der Waals surface area contributed by atoms with Crippen LogP contribution in [-0.4, -0.2) is 37.7 Å². The summed E-state index contributed by atoms with van der Waals surface area (Å²) in [6, 6.07) is 3.14. The highest BCUT2D eigenvalue weighted by Gasteiger charge is 2.21. The van der Waals surface area contributed by atoms with Gasteiger partial charge in [-0.25, -0.2) is 9.67 Å². The summed E-state index contributed by atoms with van der Waals surface area (Å²) in [6.45, 7) is 0.153. The van der Waals surface area contributed by atoms with Gasteiger partial charge in [0.25, 0.3) is 5.56 Å². The molecule has 144 valence electrons.